The second-order valence-corrected chi connectivity index (χ2v) is 13.1. The Labute approximate surface area is 301 Å². The van der Waals surface area contributed by atoms with Crippen molar-refractivity contribution in [2.75, 3.05) is 0 Å². The number of nitrogens with zero attached hydrogens (tertiary/aromatic N) is 3. The Hall–Kier alpha value is -6.91. The summed E-state index contributed by atoms with van der Waals surface area (Å²) in [7, 11) is 0. The highest BCUT2D eigenvalue weighted by Gasteiger charge is 2.19. The fourth-order valence-electron chi connectivity index (χ4n) is 7.42. The number of hydrogen-bond donors (Lipinski definition) is 0. The van der Waals surface area contributed by atoms with Gasteiger partial charge in [-0.3, -0.25) is 0 Å². The predicted octanol–water partition coefficient (Wildman–Crippen LogP) is 12.7. The summed E-state index contributed by atoms with van der Waals surface area (Å²) in [5.74, 6) is 1.87. The molecular formula is C48H31N3O. The molecule has 244 valence electrons. The molecule has 0 aliphatic heterocycles. The highest BCUT2D eigenvalue weighted by Crippen LogP contribution is 2.41. The summed E-state index contributed by atoms with van der Waals surface area (Å²) in [6.07, 6.45) is 9.62. The van der Waals surface area contributed by atoms with Gasteiger partial charge in [0, 0.05) is 27.5 Å². The standard InChI is InChI=1S/C48H31N3O/c1-4-13-31-23-24-36(29-34(31)18-9-1)47-49-46(33-16-7-3-8-17-33)50-48(51-47)42-21-12-22-43-45(42)41-26-25-35(30-44(41)52-43)38-28-27-37(32-14-5-2-6-15-32)39-19-10-11-20-40(38)39/h2-30H,1H2. The largest absolute Gasteiger partial charge is 0.456 e. The number of aromatic nitrogens is 3. The van der Waals surface area contributed by atoms with E-state index in [9.17, 15) is 0 Å². The van der Waals surface area contributed by atoms with E-state index in [1.807, 2.05) is 42.5 Å². The molecule has 10 rings (SSSR count). The molecule has 9 aromatic rings. The van der Waals surface area contributed by atoms with Gasteiger partial charge in [0.2, 0.25) is 0 Å². The van der Waals surface area contributed by atoms with Gasteiger partial charge in [0.05, 0.1) is 0 Å². The average Bonchev–Trinajstić information content (AvgIpc) is 3.42. The van der Waals surface area contributed by atoms with Crippen molar-refractivity contribution in [3.63, 3.8) is 0 Å². The third-order valence-electron chi connectivity index (χ3n) is 9.94. The first-order valence-corrected chi connectivity index (χ1v) is 17.6. The molecule has 0 atom stereocenters. The van der Waals surface area contributed by atoms with Gasteiger partial charge in [0.1, 0.15) is 11.2 Å². The van der Waals surface area contributed by atoms with Crippen LogP contribution in [0.3, 0.4) is 0 Å². The number of rotatable bonds is 5. The van der Waals surface area contributed by atoms with E-state index in [0.29, 0.717) is 17.5 Å². The molecule has 4 heteroatoms. The van der Waals surface area contributed by atoms with Crippen molar-refractivity contribution in [1.82, 2.24) is 15.0 Å². The molecule has 0 N–H and O–H groups in total. The molecule has 0 fully saturated rings. The van der Waals surface area contributed by atoms with Crippen LogP contribution < -0.4 is 0 Å². The zero-order valence-corrected chi connectivity index (χ0v) is 28.2. The Bertz CT molecular complexity index is 2870. The topological polar surface area (TPSA) is 51.8 Å². The molecule has 0 unspecified atom stereocenters. The minimum atomic E-state index is 0.606. The van der Waals surface area contributed by atoms with Crippen molar-refractivity contribution >= 4 is 44.9 Å². The molecule has 1 aliphatic carbocycles. The number of furan rings is 1. The van der Waals surface area contributed by atoms with Crippen LogP contribution in [0.25, 0.3) is 101 Å². The van der Waals surface area contributed by atoms with E-state index < -0.39 is 0 Å². The molecule has 0 saturated carbocycles. The minimum Gasteiger partial charge on any atom is -0.456 e. The van der Waals surface area contributed by atoms with Crippen LogP contribution in [0.5, 0.6) is 0 Å². The molecule has 52 heavy (non-hydrogen) atoms. The maximum Gasteiger partial charge on any atom is 0.164 e. The van der Waals surface area contributed by atoms with E-state index in [0.717, 1.165) is 56.2 Å². The molecule has 0 amide bonds. The van der Waals surface area contributed by atoms with Gasteiger partial charge in [0.15, 0.2) is 17.5 Å². The lowest BCUT2D eigenvalue weighted by Crippen LogP contribution is -2.00. The highest BCUT2D eigenvalue weighted by molar-refractivity contribution is 6.13. The molecule has 2 heterocycles. The zero-order chi connectivity index (χ0) is 34.4. The second-order valence-electron chi connectivity index (χ2n) is 13.1. The summed E-state index contributed by atoms with van der Waals surface area (Å²) in [6.45, 7) is 0. The number of benzene rings is 7. The quantitative estimate of drug-likeness (QED) is 0.184. The lowest BCUT2D eigenvalue weighted by molar-refractivity contribution is 0.669. The van der Waals surface area contributed by atoms with Crippen LogP contribution in [0.4, 0.5) is 0 Å². The van der Waals surface area contributed by atoms with E-state index in [1.165, 1.54) is 33.0 Å². The first-order chi connectivity index (χ1) is 25.8. The fourth-order valence-corrected chi connectivity index (χ4v) is 7.42. The van der Waals surface area contributed by atoms with Gasteiger partial charge in [-0.25, -0.2) is 15.0 Å². The van der Waals surface area contributed by atoms with Crippen molar-refractivity contribution in [2.24, 2.45) is 0 Å². The lowest BCUT2D eigenvalue weighted by Gasteiger charge is -2.12. The fraction of sp³-hybridized carbons (Fsp3) is 0.0208. The van der Waals surface area contributed by atoms with E-state index in [2.05, 4.69) is 133 Å². The molecule has 0 spiro atoms. The van der Waals surface area contributed by atoms with Crippen LogP contribution in [0.15, 0.2) is 168 Å². The van der Waals surface area contributed by atoms with Gasteiger partial charge in [-0.1, -0.05) is 152 Å². The monoisotopic (exact) mass is 665 g/mol. The lowest BCUT2D eigenvalue weighted by atomic mass is 9.92. The van der Waals surface area contributed by atoms with Crippen LogP contribution in [-0.2, 0) is 0 Å². The molecule has 2 aromatic heterocycles. The van der Waals surface area contributed by atoms with Gasteiger partial charge in [-0.15, -0.1) is 0 Å². The van der Waals surface area contributed by atoms with Gasteiger partial charge < -0.3 is 4.42 Å². The molecule has 0 bridgehead atoms. The second kappa shape index (κ2) is 12.4. The average molecular weight is 666 g/mol. The highest BCUT2D eigenvalue weighted by atomic mass is 16.3. The van der Waals surface area contributed by atoms with Crippen LogP contribution in [0.1, 0.15) is 17.5 Å². The van der Waals surface area contributed by atoms with Gasteiger partial charge >= 0.3 is 0 Å². The summed E-state index contributed by atoms with van der Waals surface area (Å²) in [4.78, 5) is 15.2. The van der Waals surface area contributed by atoms with Crippen LogP contribution in [0.2, 0.25) is 0 Å². The summed E-state index contributed by atoms with van der Waals surface area (Å²) in [5.41, 5.74) is 11.4. The Balaban J connectivity index is 1.13. The normalized spacial score (nSPS) is 12.4. The van der Waals surface area contributed by atoms with E-state index in [-0.39, 0.29) is 0 Å². The summed E-state index contributed by atoms with van der Waals surface area (Å²) in [5, 5.41) is 4.43. The Kier molecular flexibility index (Phi) is 7.17. The molecule has 0 saturated heterocycles. The van der Waals surface area contributed by atoms with Crippen molar-refractivity contribution < 1.29 is 4.42 Å². The molecule has 0 radical (unpaired) electrons. The number of fused-ring (bicyclic) bond motifs is 5. The Morgan fingerprint density at radius 1 is 0.385 bits per heavy atom. The predicted molar refractivity (Wildman–Crippen MR) is 214 cm³/mol. The molecule has 4 nitrogen and oxygen atoms in total. The smallest absolute Gasteiger partial charge is 0.164 e. The molecule has 1 aliphatic rings. The van der Waals surface area contributed by atoms with Crippen LogP contribution in [0, 0.1) is 0 Å². The maximum absolute atomic E-state index is 6.60. The first kappa shape index (κ1) is 30.0. The number of hydrogen-bond acceptors (Lipinski definition) is 4. The third-order valence-corrected chi connectivity index (χ3v) is 9.94. The summed E-state index contributed by atoms with van der Waals surface area (Å²) >= 11 is 0. The van der Waals surface area contributed by atoms with Gasteiger partial charge in [0.25, 0.3) is 0 Å². The minimum absolute atomic E-state index is 0.606. The molecular weight excluding hydrogens is 635 g/mol. The van der Waals surface area contributed by atoms with Crippen molar-refractivity contribution in [3.05, 3.63) is 175 Å². The van der Waals surface area contributed by atoms with Gasteiger partial charge in [-0.05, 0) is 74.8 Å². The van der Waals surface area contributed by atoms with Crippen LogP contribution in [-0.4, -0.2) is 15.0 Å². The summed E-state index contributed by atoms with van der Waals surface area (Å²) in [6, 6.07) is 52.8. The van der Waals surface area contributed by atoms with Crippen molar-refractivity contribution in [3.8, 4) is 56.4 Å². The van der Waals surface area contributed by atoms with Crippen LogP contribution >= 0.6 is 0 Å². The number of allylic oxidation sites excluding steroid dienone is 2. The third kappa shape index (κ3) is 5.21. The SMILES string of the molecule is C1=Cc2ccc(-c3nc(-c4ccccc4)nc(-c4cccc5oc6cc(-c7ccc(-c8ccccc8)c8ccccc78)ccc6c45)n3)cc2C=CC1. The van der Waals surface area contributed by atoms with E-state index >= 15 is 0 Å². The molecule has 7 aromatic carbocycles. The van der Waals surface area contributed by atoms with Crippen molar-refractivity contribution in [1.29, 1.82) is 0 Å². The Morgan fingerprint density at radius 3 is 1.79 bits per heavy atom. The first-order valence-electron chi connectivity index (χ1n) is 17.6. The van der Waals surface area contributed by atoms with E-state index in [1.54, 1.807) is 0 Å². The zero-order valence-electron chi connectivity index (χ0n) is 28.2. The summed E-state index contributed by atoms with van der Waals surface area (Å²) < 4.78 is 6.60. The maximum atomic E-state index is 6.60. The van der Waals surface area contributed by atoms with Crippen molar-refractivity contribution in [2.45, 2.75) is 6.42 Å². The van der Waals surface area contributed by atoms with E-state index in [4.69, 9.17) is 19.4 Å². The Morgan fingerprint density at radius 2 is 1.02 bits per heavy atom. The van der Waals surface area contributed by atoms with Gasteiger partial charge in [-0.2, -0.15) is 0 Å².